The molecule has 0 radical (unpaired) electrons. The molecule has 0 fully saturated rings. The summed E-state index contributed by atoms with van der Waals surface area (Å²) in [5.74, 6) is -0.182. The molecule has 0 aliphatic heterocycles. The number of carbonyl (C=O) groups is 2. The van der Waals surface area contributed by atoms with Crippen LogP contribution < -0.4 is 16.0 Å². The van der Waals surface area contributed by atoms with Crippen molar-refractivity contribution in [3.63, 3.8) is 0 Å². The zero-order chi connectivity index (χ0) is 18.4. The highest BCUT2D eigenvalue weighted by Crippen LogP contribution is 2.13. The van der Waals surface area contributed by atoms with Gasteiger partial charge in [0.15, 0.2) is 0 Å². The summed E-state index contributed by atoms with van der Waals surface area (Å²) in [7, 11) is 0. The molecule has 1 heterocycles. The lowest BCUT2D eigenvalue weighted by atomic mass is 10.1. The van der Waals surface area contributed by atoms with Gasteiger partial charge in [-0.3, -0.25) is 9.78 Å². The lowest BCUT2D eigenvalue weighted by Crippen LogP contribution is -2.40. The Morgan fingerprint density at radius 1 is 1.08 bits per heavy atom. The zero-order valence-electron chi connectivity index (χ0n) is 15.0. The fourth-order valence-corrected chi connectivity index (χ4v) is 2.22. The molecule has 0 saturated heterocycles. The fourth-order valence-electron chi connectivity index (χ4n) is 2.22. The summed E-state index contributed by atoms with van der Waals surface area (Å²) in [5.41, 5.74) is 1.49. The lowest BCUT2D eigenvalue weighted by molar-refractivity contribution is 0.0919. The van der Waals surface area contributed by atoms with E-state index in [2.05, 4.69) is 20.9 Å². The number of nitrogens with zero attached hydrogens (tertiary/aromatic N) is 1. The second-order valence-electron chi connectivity index (χ2n) is 6.86. The fraction of sp³-hybridized carbons (Fsp3) is 0.316. The number of rotatable bonds is 4. The largest absolute Gasteiger partial charge is 0.347 e. The molecular formula is C19H24N4O2. The van der Waals surface area contributed by atoms with Crippen molar-refractivity contribution >= 4 is 17.6 Å². The van der Waals surface area contributed by atoms with E-state index >= 15 is 0 Å². The zero-order valence-corrected chi connectivity index (χ0v) is 15.0. The first-order valence-electron chi connectivity index (χ1n) is 8.15. The first-order valence-corrected chi connectivity index (χ1v) is 8.15. The second-order valence-corrected chi connectivity index (χ2v) is 6.86. The number of amides is 3. The number of nitrogens with one attached hydrogen (secondary N) is 3. The summed E-state index contributed by atoms with van der Waals surface area (Å²) < 4.78 is 0. The Hall–Kier alpha value is -2.89. The predicted octanol–water partition coefficient (Wildman–Crippen LogP) is 3.49. The number of hydrogen-bond acceptors (Lipinski definition) is 3. The molecular weight excluding hydrogens is 316 g/mol. The summed E-state index contributed by atoms with van der Waals surface area (Å²) in [4.78, 5) is 28.6. The Morgan fingerprint density at radius 3 is 2.48 bits per heavy atom. The van der Waals surface area contributed by atoms with Crippen LogP contribution in [0.5, 0.6) is 0 Å². The monoisotopic (exact) mass is 340 g/mol. The number of pyridine rings is 1. The van der Waals surface area contributed by atoms with Crippen LogP contribution in [0.4, 0.5) is 10.5 Å². The average molecular weight is 340 g/mol. The number of anilines is 1. The molecule has 1 atom stereocenters. The third-order valence-corrected chi connectivity index (χ3v) is 3.35. The Kier molecular flexibility index (Phi) is 5.75. The van der Waals surface area contributed by atoms with Crippen LogP contribution in [0.2, 0.25) is 0 Å². The molecule has 0 aliphatic carbocycles. The van der Waals surface area contributed by atoms with Gasteiger partial charge in [-0.25, -0.2) is 4.79 Å². The normalized spacial score (nSPS) is 12.2. The molecule has 1 aromatic heterocycles. The highest BCUT2D eigenvalue weighted by Gasteiger charge is 2.16. The molecule has 3 N–H and O–H groups in total. The van der Waals surface area contributed by atoms with Crippen LogP contribution in [0.25, 0.3) is 0 Å². The van der Waals surface area contributed by atoms with Crippen molar-refractivity contribution in [2.24, 2.45) is 0 Å². The van der Waals surface area contributed by atoms with Gasteiger partial charge < -0.3 is 16.0 Å². The van der Waals surface area contributed by atoms with Crippen LogP contribution in [-0.2, 0) is 0 Å². The molecule has 0 saturated carbocycles. The van der Waals surface area contributed by atoms with Crippen LogP contribution >= 0.6 is 0 Å². The van der Waals surface area contributed by atoms with Crippen molar-refractivity contribution in [1.29, 1.82) is 0 Å². The number of hydrogen-bond donors (Lipinski definition) is 3. The van der Waals surface area contributed by atoms with Gasteiger partial charge in [-0.05, 0) is 58.0 Å². The van der Waals surface area contributed by atoms with Crippen molar-refractivity contribution in [1.82, 2.24) is 15.6 Å². The standard InChI is InChI=1S/C19H24N4O2/c1-13(16-10-5-6-11-20-16)21-18(25)22-15-9-7-8-14(12-15)17(24)23-19(2,3)4/h5-13H,1-4H3,(H,23,24)(H2,21,22,25). The molecule has 1 unspecified atom stereocenters. The minimum absolute atomic E-state index is 0.182. The maximum absolute atomic E-state index is 12.2. The first-order chi connectivity index (χ1) is 11.7. The smallest absolute Gasteiger partial charge is 0.319 e. The molecule has 25 heavy (non-hydrogen) atoms. The second kappa shape index (κ2) is 7.79. The predicted molar refractivity (Wildman–Crippen MR) is 98.5 cm³/mol. The van der Waals surface area contributed by atoms with E-state index in [1.807, 2.05) is 45.9 Å². The van der Waals surface area contributed by atoms with Crippen LogP contribution in [0.15, 0.2) is 48.7 Å². The van der Waals surface area contributed by atoms with Crippen molar-refractivity contribution in [2.75, 3.05) is 5.32 Å². The highest BCUT2D eigenvalue weighted by atomic mass is 16.2. The Balaban J connectivity index is 1.99. The van der Waals surface area contributed by atoms with E-state index in [0.29, 0.717) is 11.3 Å². The molecule has 0 bridgehead atoms. The maximum Gasteiger partial charge on any atom is 0.319 e. The molecule has 3 amide bonds. The molecule has 6 heteroatoms. The number of carbonyl (C=O) groups excluding carboxylic acids is 2. The number of benzene rings is 1. The van der Waals surface area contributed by atoms with Gasteiger partial charge in [0, 0.05) is 23.0 Å². The van der Waals surface area contributed by atoms with Gasteiger partial charge in [0.25, 0.3) is 5.91 Å². The van der Waals surface area contributed by atoms with E-state index in [4.69, 9.17) is 0 Å². The van der Waals surface area contributed by atoms with Gasteiger partial charge in [0.1, 0.15) is 0 Å². The Morgan fingerprint density at radius 2 is 1.84 bits per heavy atom. The minimum Gasteiger partial charge on any atom is -0.347 e. The summed E-state index contributed by atoms with van der Waals surface area (Å²) in [6.45, 7) is 7.60. The van der Waals surface area contributed by atoms with Crippen molar-refractivity contribution in [3.8, 4) is 0 Å². The van der Waals surface area contributed by atoms with E-state index in [1.54, 1.807) is 30.5 Å². The molecule has 132 valence electrons. The van der Waals surface area contributed by atoms with Crippen LogP contribution in [-0.4, -0.2) is 22.5 Å². The molecule has 0 aliphatic rings. The Labute approximate surface area is 148 Å². The van der Waals surface area contributed by atoms with Crippen molar-refractivity contribution < 1.29 is 9.59 Å². The molecule has 2 rings (SSSR count). The van der Waals surface area contributed by atoms with Crippen LogP contribution in [0, 0.1) is 0 Å². The van der Waals surface area contributed by atoms with Gasteiger partial charge >= 0.3 is 6.03 Å². The molecule has 0 spiro atoms. The SMILES string of the molecule is CC(NC(=O)Nc1cccc(C(=O)NC(C)(C)C)c1)c1ccccn1. The van der Waals surface area contributed by atoms with Gasteiger partial charge in [0.2, 0.25) is 0 Å². The van der Waals surface area contributed by atoms with E-state index in [-0.39, 0.29) is 23.5 Å². The molecule has 1 aromatic carbocycles. The van der Waals surface area contributed by atoms with E-state index < -0.39 is 0 Å². The summed E-state index contributed by atoms with van der Waals surface area (Å²) in [5, 5.41) is 8.46. The average Bonchev–Trinajstić information content (AvgIpc) is 2.54. The van der Waals surface area contributed by atoms with Crippen molar-refractivity contribution in [2.45, 2.75) is 39.3 Å². The third-order valence-electron chi connectivity index (χ3n) is 3.35. The van der Waals surface area contributed by atoms with Gasteiger partial charge in [0.05, 0.1) is 11.7 Å². The molecule has 2 aromatic rings. The molecule has 6 nitrogen and oxygen atoms in total. The topological polar surface area (TPSA) is 83.1 Å². The van der Waals surface area contributed by atoms with E-state index in [1.165, 1.54) is 0 Å². The first kappa shape index (κ1) is 18.4. The van der Waals surface area contributed by atoms with E-state index in [0.717, 1.165) is 5.69 Å². The van der Waals surface area contributed by atoms with Crippen LogP contribution in [0.1, 0.15) is 49.8 Å². The summed E-state index contributed by atoms with van der Waals surface area (Å²) in [6.07, 6.45) is 1.68. The highest BCUT2D eigenvalue weighted by molar-refractivity contribution is 5.97. The maximum atomic E-state index is 12.2. The summed E-state index contributed by atoms with van der Waals surface area (Å²) in [6, 6.07) is 11.8. The summed E-state index contributed by atoms with van der Waals surface area (Å²) >= 11 is 0. The Bertz CT molecular complexity index is 739. The number of aromatic nitrogens is 1. The third kappa shape index (κ3) is 5.91. The van der Waals surface area contributed by atoms with E-state index in [9.17, 15) is 9.59 Å². The van der Waals surface area contributed by atoms with Gasteiger partial charge in [-0.2, -0.15) is 0 Å². The van der Waals surface area contributed by atoms with Crippen LogP contribution in [0.3, 0.4) is 0 Å². The minimum atomic E-state index is -0.355. The quantitative estimate of drug-likeness (QED) is 0.796. The van der Waals surface area contributed by atoms with Gasteiger partial charge in [-0.1, -0.05) is 12.1 Å². The number of urea groups is 1. The van der Waals surface area contributed by atoms with Gasteiger partial charge in [-0.15, -0.1) is 0 Å². The van der Waals surface area contributed by atoms with Crippen molar-refractivity contribution in [3.05, 3.63) is 59.9 Å². The lowest BCUT2D eigenvalue weighted by Gasteiger charge is -2.20.